The number of aryl methyl sites for hydroxylation is 1. The Morgan fingerprint density at radius 3 is 2.70 bits per heavy atom. The van der Waals surface area contributed by atoms with E-state index in [1.54, 1.807) is 0 Å². The van der Waals surface area contributed by atoms with E-state index in [1.165, 1.54) is 17.8 Å². The van der Waals surface area contributed by atoms with E-state index in [1.807, 2.05) is 6.92 Å². The summed E-state index contributed by atoms with van der Waals surface area (Å²) < 4.78 is 2.61. The summed E-state index contributed by atoms with van der Waals surface area (Å²) in [7, 11) is 0. The van der Waals surface area contributed by atoms with Crippen LogP contribution in [0.3, 0.4) is 0 Å². The van der Waals surface area contributed by atoms with Crippen molar-refractivity contribution in [1.29, 1.82) is 0 Å². The molecule has 2 aromatic rings. The number of hydrogen-bond acceptors (Lipinski definition) is 6. The van der Waals surface area contributed by atoms with Crippen LogP contribution in [0.4, 0.5) is 11.4 Å². The second-order valence-electron chi connectivity index (χ2n) is 4.71. The van der Waals surface area contributed by atoms with Gasteiger partial charge in [0.05, 0.1) is 10.6 Å². The van der Waals surface area contributed by atoms with Crippen LogP contribution in [0.5, 0.6) is 0 Å². The van der Waals surface area contributed by atoms with E-state index in [4.69, 9.17) is 5.73 Å². The molecular formula is C12H15N7O4. The number of nitrogens with two attached hydrogens (primary N) is 1. The molecule has 122 valence electrons. The fraction of sp³-hybridized carbons (Fsp3) is 0.333. The Kier molecular flexibility index (Phi) is 4.39. The van der Waals surface area contributed by atoms with Crippen LogP contribution in [0, 0.1) is 10.1 Å². The minimum Gasteiger partial charge on any atom is -0.364 e. The van der Waals surface area contributed by atoms with Gasteiger partial charge in [-0.15, -0.1) is 0 Å². The van der Waals surface area contributed by atoms with Gasteiger partial charge in [0.1, 0.15) is 18.4 Å². The minimum absolute atomic E-state index is 0.0566. The molecule has 11 nitrogen and oxygen atoms in total. The number of aromatic nitrogens is 4. The van der Waals surface area contributed by atoms with Crippen LogP contribution in [0.1, 0.15) is 30.4 Å². The smallest absolute Gasteiger partial charge is 0.307 e. The maximum atomic E-state index is 12.2. The Hall–Kier alpha value is -3.24. The lowest BCUT2D eigenvalue weighted by atomic mass is 10.3. The Morgan fingerprint density at radius 1 is 1.48 bits per heavy atom. The van der Waals surface area contributed by atoms with Crippen molar-refractivity contribution in [2.24, 2.45) is 5.73 Å². The Labute approximate surface area is 130 Å². The van der Waals surface area contributed by atoms with E-state index in [2.05, 4.69) is 15.5 Å². The van der Waals surface area contributed by atoms with Gasteiger partial charge in [-0.3, -0.25) is 29.1 Å². The summed E-state index contributed by atoms with van der Waals surface area (Å²) in [5.74, 6) is -1.28. The van der Waals surface area contributed by atoms with E-state index < -0.39 is 22.8 Å². The molecular weight excluding hydrogens is 306 g/mol. The monoisotopic (exact) mass is 321 g/mol. The molecule has 2 amide bonds. The molecule has 0 aromatic carbocycles. The molecule has 0 bridgehead atoms. The predicted molar refractivity (Wildman–Crippen MR) is 78.6 cm³/mol. The number of carbonyl (C=O) groups is 2. The quantitative estimate of drug-likeness (QED) is 0.577. The number of primary amides is 1. The number of anilines is 1. The third-order valence-corrected chi connectivity index (χ3v) is 3.15. The van der Waals surface area contributed by atoms with Crippen LogP contribution in [0.2, 0.25) is 0 Å². The van der Waals surface area contributed by atoms with Crippen molar-refractivity contribution >= 4 is 23.2 Å². The summed E-state index contributed by atoms with van der Waals surface area (Å²) in [6.45, 7) is 3.83. The van der Waals surface area contributed by atoms with Crippen molar-refractivity contribution in [2.75, 3.05) is 5.32 Å². The van der Waals surface area contributed by atoms with E-state index in [-0.39, 0.29) is 17.1 Å². The zero-order valence-corrected chi connectivity index (χ0v) is 12.5. The molecule has 0 aliphatic rings. The molecule has 0 saturated heterocycles. The fourth-order valence-corrected chi connectivity index (χ4v) is 1.85. The molecule has 0 saturated carbocycles. The number of amides is 2. The number of nitrogens with one attached hydrogen (secondary N) is 1. The van der Waals surface area contributed by atoms with Crippen molar-refractivity contribution in [3.05, 3.63) is 34.4 Å². The SMILES string of the molecule is CCn1cc(NC(=O)C(C)n2cc([N+](=O)[O-])cn2)c(C(N)=O)n1. The minimum atomic E-state index is -0.825. The van der Waals surface area contributed by atoms with Gasteiger partial charge < -0.3 is 11.1 Å². The first-order valence-corrected chi connectivity index (χ1v) is 6.70. The molecule has 0 aliphatic heterocycles. The van der Waals surface area contributed by atoms with Crippen LogP contribution in [0.25, 0.3) is 0 Å². The summed E-state index contributed by atoms with van der Waals surface area (Å²) in [4.78, 5) is 33.6. The second-order valence-corrected chi connectivity index (χ2v) is 4.71. The molecule has 1 atom stereocenters. The molecule has 1 unspecified atom stereocenters. The summed E-state index contributed by atoms with van der Waals surface area (Å²) in [6, 6.07) is -0.825. The van der Waals surface area contributed by atoms with Crippen LogP contribution in [-0.2, 0) is 11.3 Å². The maximum Gasteiger partial charge on any atom is 0.307 e. The molecule has 2 rings (SSSR count). The lowest BCUT2D eigenvalue weighted by molar-refractivity contribution is -0.385. The first-order chi connectivity index (χ1) is 10.8. The van der Waals surface area contributed by atoms with Crippen molar-refractivity contribution in [1.82, 2.24) is 19.6 Å². The highest BCUT2D eigenvalue weighted by atomic mass is 16.6. The highest BCUT2D eigenvalue weighted by Crippen LogP contribution is 2.17. The Bertz CT molecular complexity index is 763. The summed E-state index contributed by atoms with van der Waals surface area (Å²) in [5, 5.41) is 20.9. The van der Waals surface area contributed by atoms with Gasteiger partial charge in [-0.25, -0.2) is 0 Å². The second kappa shape index (κ2) is 6.25. The normalized spacial score (nSPS) is 11.9. The molecule has 0 aliphatic carbocycles. The third-order valence-electron chi connectivity index (χ3n) is 3.15. The first-order valence-electron chi connectivity index (χ1n) is 6.70. The number of nitro groups is 1. The standard InChI is InChI=1S/C12H15N7O4/c1-3-17-6-9(10(16-17)11(13)20)15-12(21)7(2)18-5-8(4-14-18)19(22)23/h4-7H,3H2,1-2H3,(H2,13,20)(H,15,21). The van der Waals surface area contributed by atoms with E-state index in [0.717, 1.165) is 17.1 Å². The fourth-order valence-electron chi connectivity index (χ4n) is 1.85. The molecule has 11 heteroatoms. The average molecular weight is 321 g/mol. The number of nitrogens with zero attached hydrogens (tertiary/aromatic N) is 5. The van der Waals surface area contributed by atoms with Crippen LogP contribution in [0.15, 0.2) is 18.6 Å². The zero-order valence-electron chi connectivity index (χ0n) is 12.5. The van der Waals surface area contributed by atoms with Crippen LogP contribution < -0.4 is 11.1 Å². The van der Waals surface area contributed by atoms with Crippen LogP contribution in [-0.4, -0.2) is 36.3 Å². The number of carbonyl (C=O) groups excluding carboxylic acids is 2. The number of hydrogen-bond donors (Lipinski definition) is 2. The van der Waals surface area contributed by atoms with Gasteiger partial charge in [0.15, 0.2) is 5.69 Å². The van der Waals surface area contributed by atoms with Crippen molar-refractivity contribution in [3.8, 4) is 0 Å². The van der Waals surface area contributed by atoms with Crippen LogP contribution >= 0.6 is 0 Å². The topological polar surface area (TPSA) is 151 Å². The van der Waals surface area contributed by atoms with Gasteiger partial charge in [0.25, 0.3) is 5.91 Å². The van der Waals surface area contributed by atoms with Crippen molar-refractivity contribution < 1.29 is 14.5 Å². The van der Waals surface area contributed by atoms with Gasteiger partial charge in [-0.1, -0.05) is 0 Å². The molecule has 0 fully saturated rings. The Morgan fingerprint density at radius 2 is 2.17 bits per heavy atom. The maximum absolute atomic E-state index is 12.2. The van der Waals surface area contributed by atoms with Gasteiger partial charge in [-0.05, 0) is 13.8 Å². The van der Waals surface area contributed by atoms with Crippen molar-refractivity contribution in [3.63, 3.8) is 0 Å². The molecule has 0 radical (unpaired) electrons. The summed E-state index contributed by atoms with van der Waals surface area (Å²) in [6.07, 6.45) is 3.68. The van der Waals surface area contributed by atoms with E-state index in [0.29, 0.717) is 6.54 Å². The van der Waals surface area contributed by atoms with Crippen molar-refractivity contribution in [2.45, 2.75) is 26.4 Å². The molecule has 23 heavy (non-hydrogen) atoms. The molecule has 3 N–H and O–H groups in total. The van der Waals surface area contributed by atoms with Gasteiger partial charge in [0.2, 0.25) is 5.91 Å². The predicted octanol–water partition coefficient (Wildman–Crippen LogP) is 0.306. The highest BCUT2D eigenvalue weighted by molar-refractivity contribution is 6.02. The summed E-state index contributed by atoms with van der Waals surface area (Å²) >= 11 is 0. The van der Waals surface area contributed by atoms with E-state index >= 15 is 0 Å². The zero-order chi connectivity index (χ0) is 17.1. The first kappa shape index (κ1) is 16.1. The third kappa shape index (κ3) is 3.33. The molecule has 0 spiro atoms. The molecule has 2 heterocycles. The van der Waals surface area contributed by atoms with E-state index in [9.17, 15) is 19.7 Å². The van der Waals surface area contributed by atoms with Gasteiger partial charge in [-0.2, -0.15) is 10.2 Å². The van der Waals surface area contributed by atoms with Gasteiger partial charge in [0, 0.05) is 12.7 Å². The number of rotatable bonds is 6. The average Bonchev–Trinajstić information content (AvgIpc) is 3.13. The molecule has 2 aromatic heterocycles. The lowest BCUT2D eigenvalue weighted by Crippen LogP contribution is -2.25. The Balaban J connectivity index is 2.19. The largest absolute Gasteiger partial charge is 0.364 e. The summed E-state index contributed by atoms with van der Waals surface area (Å²) in [5.41, 5.74) is 5.12. The lowest BCUT2D eigenvalue weighted by Gasteiger charge is -2.11. The highest BCUT2D eigenvalue weighted by Gasteiger charge is 2.22. The van der Waals surface area contributed by atoms with Gasteiger partial charge >= 0.3 is 5.69 Å².